The van der Waals surface area contributed by atoms with Gasteiger partial charge >= 0.3 is 0 Å². The largest absolute Gasteiger partial charge is 0.355 e. The topological polar surface area (TPSA) is 54.0 Å². The highest BCUT2D eigenvalue weighted by atomic mass is 19.1. The number of carbonyl (C=O) groups is 1. The summed E-state index contributed by atoms with van der Waals surface area (Å²) in [5.41, 5.74) is 0.725. The number of carbonyl (C=O) groups excluding carboxylic acids is 1. The van der Waals surface area contributed by atoms with E-state index in [-0.39, 0.29) is 18.3 Å². The van der Waals surface area contributed by atoms with Crippen LogP contribution in [0.2, 0.25) is 0 Å². The zero-order valence-corrected chi connectivity index (χ0v) is 9.29. The molecule has 0 aliphatic rings. The molecule has 1 aromatic rings. The minimum atomic E-state index is -0.366. The molecule has 0 spiro atoms. The summed E-state index contributed by atoms with van der Waals surface area (Å²) < 4.78 is 12.8. The smallest absolute Gasteiger partial charge is 0.233 e. The Labute approximate surface area is 94.3 Å². The van der Waals surface area contributed by atoms with E-state index in [1.54, 1.807) is 6.20 Å². The van der Waals surface area contributed by atoms with Crippen molar-refractivity contribution in [3.8, 4) is 0 Å². The Morgan fingerprint density at radius 2 is 2.31 bits per heavy atom. The van der Waals surface area contributed by atoms with E-state index in [0.29, 0.717) is 13.1 Å². The standard InChI is InChI=1S/C11H16FN3O/c1-2-3-15-11(16)8-14-6-9-4-10(12)7-13-5-9/h4-5,7,14H,2-3,6,8H2,1H3,(H,15,16). The van der Waals surface area contributed by atoms with Gasteiger partial charge in [0.25, 0.3) is 0 Å². The van der Waals surface area contributed by atoms with Crippen molar-refractivity contribution in [2.45, 2.75) is 19.9 Å². The van der Waals surface area contributed by atoms with Crippen molar-refractivity contribution >= 4 is 5.91 Å². The van der Waals surface area contributed by atoms with Crippen LogP contribution in [0.3, 0.4) is 0 Å². The lowest BCUT2D eigenvalue weighted by molar-refractivity contribution is -0.120. The first-order chi connectivity index (χ1) is 7.72. The van der Waals surface area contributed by atoms with Gasteiger partial charge in [0.1, 0.15) is 5.82 Å². The molecule has 0 unspecified atom stereocenters. The minimum Gasteiger partial charge on any atom is -0.355 e. The zero-order chi connectivity index (χ0) is 11.8. The Morgan fingerprint density at radius 3 is 3.00 bits per heavy atom. The van der Waals surface area contributed by atoms with E-state index in [1.165, 1.54) is 6.07 Å². The Hall–Kier alpha value is -1.49. The molecule has 0 aliphatic heterocycles. The highest BCUT2D eigenvalue weighted by Gasteiger charge is 2.00. The molecule has 1 heterocycles. The van der Waals surface area contributed by atoms with Crippen molar-refractivity contribution in [3.63, 3.8) is 0 Å². The highest BCUT2D eigenvalue weighted by Crippen LogP contribution is 1.99. The van der Waals surface area contributed by atoms with Crippen LogP contribution in [0.25, 0.3) is 0 Å². The number of nitrogens with zero attached hydrogens (tertiary/aromatic N) is 1. The van der Waals surface area contributed by atoms with E-state index in [2.05, 4.69) is 15.6 Å². The molecule has 1 amide bonds. The molecule has 0 aliphatic carbocycles. The molecule has 1 aromatic heterocycles. The van der Waals surface area contributed by atoms with Crippen molar-refractivity contribution < 1.29 is 9.18 Å². The molecule has 5 heteroatoms. The van der Waals surface area contributed by atoms with Gasteiger partial charge < -0.3 is 10.6 Å². The van der Waals surface area contributed by atoms with Gasteiger partial charge in [-0.05, 0) is 18.1 Å². The first-order valence-electron chi connectivity index (χ1n) is 5.29. The van der Waals surface area contributed by atoms with Crippen LogP contribution >= 0.6 is 0 Å². The van der Waals surface area contributed by atoms with Crippen LogP contribution in [0.15, 0.2) is 18.5 Å². The molecule has 0 fully saturated rings. The van der Waals surface area contributed by atoms with Gasteiger partial charge in [0, 0.05) is 19.3 Å². The van der Waals surface area contributed by atoms with Crippen molar-refractivity contribution in [2.24, 2.45) is 0 Å². The average Bonchev–Trinajstić information content (AvgIpc) is 2.26. The fourth-order valence-electron chi connectivity index (χ4n) is 1.20. The summed E-state index contributed by atoms with van der Waals surface area (Å²) in [7, 11) is 0. The van der Waals surface area contributed by atoms with E-state index < -0.39 is 0 Å². The first kappa shape index (κ1) is 12.6. The van der Waals surface area contributed by atoms with Gasteiger partial charge in [0.2, 0.25) is 5.91 Å². The maximum Gasteiger partial charge on any atom is 0.233 e. The number of rotatable bonds is 6. The summed E-state index contributed by atoms with van der Waals surface area (Å²) in [5.74, 6) is -0.416. The van der Waals surface area contributed by atoms with E-state index >= 15 is 0 Å². The molecule has 0 saturated heterocycles. The predicted octanol–water partition coefficient (Wildman–Crippen LogP) is 0.836. The molecule has 0 radical (unpaired) electrons. The van der Waals surface area contributed by atoms with Gasteiger partial charge in [-0.2, -0.15) is 0 Å². The van der Waals surface area contributed by atoms with Crippen LogP contribution in [0.1, 0.15) is 18.9 Å². The molecular weight excluding hydrogens is 209 g/mol. The molecule has 0 atom stereocenters. The Kier molecular flexibility index (Phi) is 5.42. The fourth-order valence-corrected chi connectivity index (χ4v) is 1.20. The van der Waals surface area contributed by atoms with Gasteiger partial charge in [0.15, 0.2) is 0 Å². The average molecular weight is 225 g/mol. The van der Waals surface area contributed by atoms with Crippen molar-refractivity contribution in [1.29, 1.82) is 0 Å². The van der Waals surface area contributed by atoms with Crippen LogP contribution in [-0.4, -0.2) is 24.0 Å². The van der Waals surface area contributed by atoms with Crippen LogP contribution in [0.4, 0.5) is 4.39 Å². The first-order valence-corrected chi connectivity index (χ1v) is 5.29. The second-order valence-corrected chi connectivity index (χ2v) is 3.46. The minimum absolute atomic E-state index is 0.0498. The van der Waals surface area contributed by atoms with Gasteiger partial charge in [-0.3, -0.25) is 9.78 Å². The molecule has 4 nitrogen and oxygen atoms in total. The van der Waals surface area contributed by atoms with Crippen LogP contribution in [0.5, 0.6) is 0 Å². The Bertz CT molecular complexity index is 344. The second-order valence-electron chi connectivity index (χ2n) is 3.46. The number of halogens is 1. The van der Waals surface area contributed by atoms with E-state index in [0.717, 1.165) is 18.2 Å². The van der Waals surface area contributed by atoms with Crippen molar-refractivity contribution in [1.82, 2.24) is 15.6 Å². The monoisotopic (exact) mass is 225 g/mol. The third-order valence-corrected chi connectivity index (χ3v) is 1.95. The lowest BCUT2D eigenvalue weighted by Gasteiger charge is -2.05. The van der Waals surface area contributed by atoms with Crippen LogP contribution in [0, 0.1) is 5.82 Å². The van der Waals surface area contributed by atoms with Gasteiger partial charge in [-0.25, -0.2) is 4.39 Å². The Morgan fingerprint density at radius 1 is 1.50 bits per heavy atom. The van der Waals surface area contributed by atoms with Crippen LogP contribution in [-0.2, 0) is 11.3 Å². The molecule has 16 heavy (non-hydrogen) atoms. The van der Waals surface area contributed by atoms with E-state index in [4.69, 9.17) is 0 Å². The van der Waals surface area contributed by atoms with Crippen LogP contribution < -0.4 is 10.6 Å². The van der Waals surface area contributed by atoms with Gasteiger partial charge in [-0.15, -0.1) is 0 Å². The molecule has 0 saturated carbocycles. The summed E-state index contributed by atoms with van der Waals surface area (Å²) in [5, 5.41) is 5.66. The van der Waals surface area contributed by atoms with E-state index in [9.17, 15) is 9.18 Å². The van der Waals surface area contributed by atoms with Crippen molar-refractivity contribution in [2.75, 3.05) is 13.1 Å². The fraction of sp³-hybridized carbons (Fsp3) is 0.455. The summed E-state index contributed by atoms with van der Waals surface area (Å²) in [6.07, 6.45) is 3.64. The Balaban J connectivity index is 2.22. The highest BCUT2D eigenvalue weighted by molar-refractivity contribution is 5.77. The molecule has 0 bridgehead atoms. The van der Waals surface area contributed by atoms with Gasteiger partial charge in [0.05, 0.1) is 12.7 Å². The maximum atomic E-state index is 12.8. The number of amides is 1. The number of hydrogen-bond acceptors (Lipinski definition) is 3. The quantitative estimate of drug-likeness (QED) is 0.754. The number of hydrogen-bond donors (Lipinski definition) is 2. The molecule has 0 aromatic carbocycles. The number of pyridine rings is 1. The molecule has 88 valence electrons. The second kappa shape index (κ2) is 6.90. The summed E-state index contributed by atoms with van der Waals surface area (Å²) in [4.78, 5) is 14.9. The molecule has 1 rings (SSSR count). The SMILES string of the molecule is CCCNC(=O)CNCc1cncc(F)c1. The molecular formula is C11H16FN3O. The summed E-state index contributed by atoms with van der Waals surface area (Å²) in [6, 6.07) is 1.39. The van der Waals surface area contributed by atoms with Crippen molar-refractivity contribution in [3.05, 3.63) is 29.8 Å². The number of nitrogens with one attached hydrogen (secondary N) is 2. The van der Waals surface area contributed by atoms with Gasteiger partial charge in [-0.1, -0.05) is 6.92 Å². The number of aromatic nitrogens is 1. The van der Waals surface area contributed by atoms with E-state index in [1.807, 2.05) is 6.92 Å². The molecule has 2 N–H and O–H groups in total. The predicted molar refractivity (Wildman–Crippen MR) is 59.2 cm³/mol. The maximum absolute atomic E-state index is 12.8. The zero-order valence-electron chi connectivity index (χ0n) is 9.29. The third-order valence-electron chi connectivity index (χ3n) is 1.95. The summed E-state index contributed by atoms with van der Waals surface area (Å²) in [6.45, 7) is 3.34. The lowest BCUT2D eigenvalue weighted by Crippen LogP contribution is -2.33. The normalized spacial score (nSPS) is 10.1. The lowest BCUT2D eigenvalue weighted by atomic mass is 10.3. The third kappa shape index (κ3) is 4.84. The summed E-state index contributed by atoms with van der Waals surface area (Å²) >= 11 is 0.